The second-order valence-electron chi connectivity index (χ2n) is 3.23. The number of carbonyl (C=O) groups is 2. The molecule has 2 N–H and O–H groups in total. The van der Waals surface area contributed by atoms with Gasteiger partial charge in [-0.15, -0.1) is 0 Å². The van der Waals surface area contributed by atoms with Crippen molar-refractivity contribution in [3.63, 3.8) is 0 Å². The Hall–Kier alpha value is -1.58. The molecule has 0 bridgehead atoms. The van der Waals surface area contributed by atoms with Crippen LogP contribution >= 0.6 is 0 Å². The number of hydrogen-bond donors (Lipinski definition) is 2. The zero-order chi connectivity index (χ0) is 13.0. The van der Waals surface area contributed by atoms with E-state index < -0.39 is 11.9 Å². The minimum absolute atomic E-state index is 0.459. The fourth-order valence-electron chi connectivity index (χ4n) is 0.800. The van der Waals surface area contributed by atoms with Crippen molar-refractivity contribution >= 4 is 11.9 Å². The topological polar surface area (TPSA) is 74.6 Å². The molecule has 92 valence electrons. The molecule has 4 nitrogen and oxygen atoms in total. The van der Waals surface area contributed by atoms with E-state index >= 15 is 0 Å². The number of hydrogen-bond acceptors (Lipinski definition) is 2. The van der Waals surface area contributed by atoms with Gasteiger partial charge in [0, 0.05) is 11.6 Å². The first-order chi connectivity index (χ1) is 7.45. The van der Waals surface area contributed by atoms with Crippen LogP contribution in [0.1, 0.15) is 39.5 Å². The van der Waals surface area contributed by atoms with Crippen molar-refractivity contribution in [2.75, 3.05) is 0 Å². The maximum Gasteiger partial charge on any atom is 0.330 e. The highest BCUT2D eigenvalue weighted by molar-refractivity contribution is 5.85. The van der Waals surface area contributed by atoms with Crippen molar-refractivity contribution in [3.05, 3.63) is 24.3 Å². The van der Waals surface area contributed by atoms with Crippen molar-refractivity contribution in [2.24, 2.45) is 0 Å². The Morgan fingerprint density at radius 3 is 2.06 bits per heavy atom. The molecule has 0 atom stereocenters. The van der Waals surface area contributed by atoms with E-state index in [0.29, 0.717) is 5.57 Å². The molecule has 0 aromatic carbocycles. The van der Waals surface area contributed by atoms with E-state index in [0.717, 1.165) is 18.9 Å². The fourth-order valence-corrected chi connectivity index (χ4v) is 0.800. The van der Waals surface area contributed by atoms with Crippen molar-refractivity contribution in [1.29, 1.82) is 0 Å². The van der Waals surface area contributed by atoms with Gasteiger partial charge in [-0.25, -0.2) is 9.59 Å². The van der Waals surface area contributed by atoms with Gasteiger partial charge in [0.15, 0.2) is 0 Å². The molecule has 4 heteroatoms. The van der Waals surface area contributed by atoms with Crippen LogP contribution in [0.25, 0.3) is 0 Å². The van der Waals surface area contributed by atoms with Crippen LogP contribution in [-0.4, -0.2) is 22.2 Å². The first-order valence-electron chi connectivity index (χ1n) is 5.21. The number of allylic oxidation sites excluding steroid dienone is 1. The molecule has 0 heterocycles. The van der Waals surface area contributed by atoms with E-state index in [9.17, 15) is 9.59 Å². The SMILES string of the molecule is C=CC(=O)O.CCCCCC=C(C)C(=O)O. The van der Waals surface area contributed by atoms with Gasteiger partial charge in [-0.3, -0.25) is 0 Å². The summed E-state index contributed by atoms with van der Waals surface area (Å²) in [5.41, 5.74) is 0.459. The summed E-state index contributed by atoms with van der Waals surface area (Å²) in [4.78, 5) is 19.5. The Labute approximate surface area is 96.3 Å². The molecule has 0 aliphatic rings. The van der Waals surface area contributed by atoms with Gasteiger partial charge < -0.3 is 10.2 Å². The van der Waals surface area contributed by atoms with Crippen LogP contribution in [0.4, 0.5) is 0 Å². The molecule has 0 aromatic heterocycles. The predicted molar refractivity (Wildman–Crippen MR) is 63.4 cm³/mol. The van der Waals surface area contributed by atoms with Crippen LogP contribution in [0.15, 0.2) is 24.3 Å². The number of rotatable bonds is 6. The Morgan fingerprint density at radius 2 is 1.75 bits per heavy atom. The molecule has 0 saturated heterocycles. The van der Waals surface area contributed by atoms with E-state index in [1.165, 1.54) is 12.8 Å². The van der Waals surface area contributed by atoms with Gasteiger partial charge in [-0.1, -0.05) is 32.4 Å². The summed E-state index contributed by atoms with van der Waals surface area (Å²) in [6.07, 6.45) is 6.98. The molecule has 0 rings (SSSR count). The molecule has 0 aromatic rings. The smallest absolute Gasteiger partial charge is 0.330 e. The summed E-state index contributed by atoms with van der Waals surface area (Å²) >= 11 is 0. The van der Waals surface area contributed by atoms with Crippen LogP contribution in [0, 0.1) is 0 Å². The quantitative estimate of drug-likeness (QED) is 0.541. The van der Waals surface area contributed by atoms with E-state index in [2.05, 4.69) is 13.5 Å². The second-order valence-corrected chi connectivity index (χ2v) is 3.23. The van der Waals surface area contributed by atoms with Crippen LogP contribution in [0.3, 0.4) is 0 Å². The Balaban J connectivity index is 0. The third-order valence-corrected chi connectivity index (χ3v) is 1.77. The van der Waals surface area contributed by atoms with Gasteiger partial charge in [0.1, 0.15) is 0 Å². The average molecular weight is 228 g/mol. The summed E-state index contributed by atoms with van der Waals surface area (Å²) in [6, 6.07) is 0. The molecule has 0 fully saturated rings. The van der Waals surface area contributed by atoms with Gasteiger partial charge in [-0.2, -0.15) is 0 Å². The van der Waals surface area contributed by atoms with E-state index in [-0.39, 0.29) is 0 Å². The first kappa shape index (κ1) is 16.8. The monoisotopic (exact) mass is 228 g/mol. The van der Waals surface area contributed by atoms with Crippen LogP contribution in [0.5, 0.6) is 0 Å². The highest BCUT2D eigenvalue weighted by Crippen LogP contribution is 2.02. The molecule has 0 amide bonds. The third kappa shape index (κ3) is 14.9. The largest absolute Gasteiger partial charge is 0.478 e. The highest BCUT2D eigenvalue weighted by atomic mass is 16.4. The summed E-state index contributed by atoms with van der Waals surface area (Å²) < 4.78 is 0. The van der Waals surface area contributed by atoms with Crippen molar-refractivity contribution in [3.8, 4) is 0 Å². The third-order valence-electron chi connectivity index (χ3n) is 1.77. The molecule has 0 aliphatic heterocycles. The number of unbranched alkanes of at least 4 members (excludes halogenated alkanes) is 3. The van der Waals surface area contributed by atoms with Crippen molar-refractivity contribution in [2.45, 2.75) is 39.5 Å². The standard InChI is InChI=1S/C9H16O2.C3H4O2/c1-3-4-5-6-7-8(2)9(10)11;1-2-3(4)5/h7H,3-6H2,1-2H3,(H,10,11);2H,1H2,(H,4,5). The maximum atomic E-state index is 10.3. The van der Waals surface area contributed by atoms with E-state index in [1.807, 2.05) is 0 Å². The zero-order valence-electron chi connectivity index (χ0n) is 9.90. The molecule has 0 saturated carbocycles. The second kappa shape index (κ2) is 11.5. The molecular formula is C12H20O4. The molecule has 0 spiro atoms. The van der Waals surface area contributed by atoms with Gasteiger partial charge in [0.25, 0.3) is 0 Å². The predicted octanol–water partition coefficient (Wildman–Crippen LogP) is 2.85. The van der Waals surface area contributed by atoms with Crippen LogP contribution < -0.4 is 0 Å². The van der Waals surface area contributed by atoms with Crippen molar-refractivity contribution in [1.82, 2.24) is 0 Å². The lowest BCUT2D eigenvalue weighted by molar-refractivity contribution is -0.133. The zero-order valence-corrected chi connectivity index (χ0v) is 9.90. The summed E-state index contributed by atoms with van der Waals surface area (Å²) in [6.45, 7) is 6.73. The van der Waals surface area contributed by atoms with Gasteiger partial charge in [0.05, 0.1) is 0 Å². The first-order valence-corrected chi connectivity index (χ1v) is 5.21. The Morgan fingerprint density at radius 1 is 1.25 bits per heavy atom. The minimum atomic E-state index is -0.981. The van der Waals surface area contributed by atoms with E-state index in [4.69, 9.17) is 10.2 Å². The Kier molecular flexibility index (Phi) is 12.1. The summed E-state index contributed by atoms with van der Waals surface area (Å²) in [7, 11) is 0. The lowest BCUT2D eigenvalue weighted by Crippen LogP contribution is -1.95. The molecule has 0 unspecified atom stereocenters. The lowest BCUT2D eigenvalue weighted by Gasteiger charge is -1.93. The number of aliphatic carboxylic acids is 2. The van der Waals surface area contributed by atoms with Crippen LogP contribution in [-0.2, 0) is 9.59 Å². The Bertz CT molecular complexity index is 254. The van der Waals surface area contributed by atoms with E-state index in [1.54, 1.807) is 13.0 Å². The van der Waals surface area contributed by atoms with Crippen molar-refractivity contribution < 1.29 is 19.8 Å². The minimum Gasteiger partial charge on any atom is -0.478 e. The van der Waals surface area contributed by atoms with Gasteiger partial charge >= 0.3 is 11.9 Å². The fraction of sp³-hybridized carbons (Fsp3) is 0.500. The molecule has 0 aliphatic carbocycles. The maximum absolute atomic E-state index is 10.3. The van der Waals surface area contributed by atoms with Crippen LogP contribution in [0.2, 0.25) is 0 Å². The summed E-state index contributed by atoms with van der Waals surface area (Å²) in [5, 5.41) is 16.1. The van der Waals surface area contributed by atoms with Gasteiger partial charge in [0.2, 0.25) is 0 Å². The molecular weight excluding hydrogens is 208 g/mol. The summed E-state index contributed by atoms with van der Waals surface area (Å²) in [5.74, 6) is -1.79. The average Bonchev–Trinajstić information content (AvgIpc) is 2.24. The molecule has 16 heavy (non-hydrogen) atoms. The highest BCUT2D eigenvalue weighted by Gasteiger charge is 1.96. The lowest BCUT2D eigenvalue weighted by atomic mass is 10.1. The number of carboxylic acids is 2. The molecule has 0 radical (unpaired) electrons. The number of carboxylic acid groups (broad SMARTS) is 2. The van der Waals surface area contributed by atoms with Gasteiger partial charge in [-0.05, 0) is 19.8 Å². The normalized spacial score (nSPS) is 10.0.